The summed E-state index contributed by atoms with van der Waals surface area (Å²) in [4.78, 5) is 29.4. The van der Waals surface area contributed by atoms with Gasteiger partial charge in [0.1, 0.15) is 17.7 Å². The summed E-state index contributed by atoms with van der Waals surface area (Å²) in [5.74, 6) is -2.43. The molecule has 2 unspecified atom stereocenters. The third kappa shape index (κ3) is 4.52. The summed E-state index contributed by atoms with van der Waals surface area (Å²) in [6.07, 6.45) is 1.82. The van der Waals surface area contributed by atoms with E-state index in [1.807, 2.05) is 31.2 Å². The summed E-state index contributed by atoms with van der Waals surface area (Å²) in [7, 11) is 0. The lowest BCUT2D eigenvalue weighted by Gasteiger charge is -2.24. The fraction of sp³-hybridized carbons (Fsp3) is 0.333. The molecule has 2 heterocycles. The molecule has 8 heteroatoms. The Labute approximate surface area is 201 Å². The van der Waals surface area contributed by atoms with E-state index in [1.165, 1.54) is 12.1 Å². The van der Waals surface area contributed by atoms with Crippen LogP contribution in [0.2, 0.25) is 0 Å². The SMILES string of the molecule is Cc1cc(C(C[C@H](c2ccc(N3C[C@@H]4C(C(=O)O)[C@@H]4C3)cc2)c2ccc(F)cc2F)N=O)ccn1. The summed E-state index contributed by atoms with van der Waals surface area (Å²) >= 11 is 0. The number of carbonyl (C=O) groups is 1. The molecule has 2 aliphatic rings. The molecule has 2 aromatic carbocycles. The number of nitrogens with zero attached hydrogens (tertiary/aromatic N) is 3. The Balaban J connectivity index is 1.42. The number of pyridine rings is 1. The number of carboxylic acid groups (broad SMARTS) is 1. The van der Waals surface area contributed by atoms with Crippen molar-refractivity contribution in [3.63, 3.8) is 0 Å². The van der Waals surface area contributed by atoms with E-state index in [0.29, 0.717) is 24.2 Å². The fourth-order valence-corrected chi connectivity index (χ4v) is 5.49. The highest BCUT2D eigenvalue weighted by atomic mass is 19.1. The van der Waals surface area contributed by atoms with Gasteiger partial charge in [0.15, 0.2) is 0 Å². The monoisotopic (exact) mass is 477 g/mol. The number of hydrogen-bond acceptors (Lipinski definition) is 5. The molecule has 5 atom stereocenters. The number of aryl methyl sites for hydroxylation is 1. The zero-order valence-corrected chi connectivity index (χ0v) is 19.1. The molecule has 35 heavy (non-hydrogen) atoms. The highest BCUT2D eigenvalue weighted by molar-refractivity contribution is 5.75. The Kier molecular flexibility index (Phi) is 6.05. The Hall–Kier alpha value is -3.68. The van der Waals surface area contributed by atoms with Crippen LogP contribution in [-0.4, -0.2) is 29.1 Å². The van der Waals surface area contributed by atoms with Crippen LogP contribution in [0.15, 0.2) is 66.0 Å². The maximum atomic E-state index is 14.9. The smallest absolute Gasteiger partial charge is 0.307 e. The van der Waals surface area contributed by atoms with E-state index in [9.17, 15) is 23.6 Å². The summed E-state index contributed by atoms with van der Waals surface area (Å²) in [6, 6.07) is 13.9. The average molecular weight is 478 g/mol. The van der Waals surface area contributed by atoms with Gasteiger partial charge in [-0.05, 0) is 72.2 Å². The van der Waals surface area contributed by atoms with Crippen molar-refractivity contribution in [3.05, 3.63) is 99.7 Å². The van der Waals surface area contributed by atoms with Gasteiger partial charge in [-0.2, -0.15) is 4.91 Å². The third-order valence-electron chi connectivity index (χ3n) is 7.37. The predicted octanol–water partition coefficient (Wildman–Crippen LogP) is 5.46. The van der Waals surface area contributed by atoms with Crippen LogP contribution in [0, 0.1) is 41.2 Å². The van der Waals surface area contributed by atoms with Crippen molar-refractivity contribution in [2.45, 2.75) is 25.3 Å². The third-order valence-corrected chi connectivity index (χ3v) is 7.37. The maximum absolute atomic E-state index is 14.9. The second-order valence-corrected chi connectivity index (χ2v) is 9.49. The van der Waals surface area contributed by atoms with Crippen molar-refractivity contribution in [2.24, 2.45) is 22.9 Å². The van der Waals surface area contributed by atoms with Crippen molar-refractivity contribution in [2.75, 3.05) is 18.0 Å². The Morgan fingerprint density at radius 2 is 1.80 bits per heavy atom. The summed E-state index contributed by atoms with van der Waals surface area (Å²) in [5, 5.41) is 12.6. The van der Waals surface area contributed by atoms with E-state index in [1.54, 1.807) is 18.3 Å². The maximum Gasteiger partial charge on any atom is 0.307 e. The molecule has 0 radical (unpaired) electrons. The Bertz CT molecular complexity index is 1250. The zero-order valence-electron chi connectivity index (χ0n) is 19.1. The Morgan fingerprint density at radius 1 is 1.09 bits per heavy atom. The number of halogens is 2. The average Bonchev–Trinajstić information content (AvgIpc) is 3.35. The molecule has 6 nitrogen and oxygen atoms in total. The molecule has 0 amide bonds. The molecule has 180 valence electrons. The second kappa shape index (κ2) is 9.17. The van der Waals surface area contributed by atoms with Crippen LogP contribution in [0.5, 0.6) is 0 Å². The van der Waals surface area contributed by atoms with Gasteiger partial charge in [-0.1, -0.05) is 23.4 Å². The number of piperidine rings is 1. The van der Waals surface area contributed by atoms with Gasteiger partial charge < -0.3 is 10.0 Å². The van der Waals surface area contributed by atoms with Crippen LogP contribution in [0.4, 0.5) is 14.5 Å². The van der Waals surface area contributed by atoms with Crippen LogP contribution < -0.4 is 4.90 Å². The first-order valence-electron chi connectivity index (χ1n) is 11.6. The topological polar surface area (TPSA) is 82.9 Å². The van der Waals surface area contributed by atoms with Crippen LogP contribution in [0.3, 0.4) is 0 Å². The van der Waals surface area contributed by atoms with Gasteiger partial charge in [-0.15, -0.1) is 0 Å². The number of aliphatic carboxylic acids is 1. The van der Waals surface area contributed by atoms with E-state index in [4.69, 9.17) is 0 Å². The highest BCUT2D eigenvalue weighted by Crippen LogP contribution is 2.52. The second-order valence-electron chi connectivity index (χ2n) is 9.49. The molecule has 1 aromatic heterocycles. The van der Waals surface area contributed by atoms with Crippen LogP contribution >= 0.6 is 0 Å². The van der Waals surface area contributed by atoms with Crippen LogP contribution in [0.1, 0.15) is 40.8 Å². The van der Waals surface area contributed by atoms with Gasteiger partial charge in [-0.3, -0.25) is 9.78 Å². The minimum Gasteiger partial charge on any atom is -0.481 e. The number of benzene rings is 2. The lowest BCUT2D eigenvalue weighted by Crippen LogP contribution is -2.25. The first-order chi connectivity index (χ1) is 16.9. The minimum absolute atomic E-state index is 0.191. The van der Waals surface area contributed by atoms with Crippen LogP contribution in [0.25, 0.3) is 0 Å². The summed E-state index contributed by atoms with van der Waals surface area (Å²) in [5.41, 5.74) is 3.50. The number of fused-ring (bicyclic) bond motifs is 1. The molecule has 1 aliphatic heterocycles. The number of nitroso groups, excluding NO2 is 1. The standard InChI is InChI=1S/C27H25F2N3O3/c1-15-10-17(8-9-30-15)25(31-35)12-21(20-7-4-18(28)11-24(20)29)16-2-5-19(6-3-16)32-13-22-23(14-32)26(22)27(33)34/h2-11,21-23,25-26H,12-14H2,1H3,(H,33,34)/t21-,22-,23+,25?,26?/m1/s1. The predicted molar refractivity (Wildman–Crippen MR) is 127 cm³/mol. The molecule has 1 aliphatic carbocycles. The van der Waals surface area contributed by atoms with Gasteiger partial charge in [0.2, 0.25) is 0 Å². The van der Waals surface area contributed by atoms with E-state index >= 15 is 0 Å². The van der Waals surface area contributed by atoms with Crippen molar-refractivity contribution in [3.8, 4) is 0 Å². The molecular formula is C27H25F2N3O3. The Morgan fingerprint density at radius 3 is 2.40 bits per heavy atom. The van der Waals surface area contributed by atoms with Crippen molar-refractivity contribution in [1.82, 2.24) is 4.98 Å². The van der Waals surface area contributed by atoms with Gasteiger partial charge in [-0.25, -0.2) is 8.78 Å². The molecule has 5 rings (SSSR count). The highest BCUT2D eigenvalue weighted by Gasteiger charge is 2.59. The normalized spacial score (nSPS) is 22.4. The molecule has 1 N–H and O–H groups in total. The lowest BCUT2D eigenvalue weighted by atomic mass is 9.84. The summed E-state index contributed by atoms with van der Waals surface area (Å²) in [6.45, 7) is 3.23. The number of rotatable bonds is 8. The largest absolute Gasteiger partial charge is 0.481 e. The molecule has 1 saturated heterocycles. The van der Waals surface area contributed by atoms with Crippen molar-refractivity contribution >= 4 is 11.7 Å². The van der Waals surface area contributed by atoms with E-state index in [2.05, 4.69) is 15.1 Å². The van der Waals surface area contributed by atoms with Gasteiger partial charge in [0, 0.05) is 42.7 Å². The molecular weight excluding hydrogens is 452 g/mol. The van der Waals surface area contributed by atoms with Crippen LogP contribution in [-0.2, 0) is 4.79 Å². The van der Waals surface area contributed by atoms with Gasteiger partial charge in [0.05, 0.1) is 5.92 Å². The number of hydrogen-bond donors (Lipinski definition) is 1. The molecule has 3 aromatic rings. The number of aromatic nitrogens is 1. The number of anilines is 1. The molecule has 0 bridgehead atoms. The first-order valence-corrected chi connectivity index (χ1v) is 11.6. The van der Waals surface area contributed by atoms with Crippen molar-refractivity contribution in [1.29, 1.82) is 0 Å². The summed E-state index contributed by atoms with van der Waals surface area (Å²) < 4.78 is 28.5. The number of carboxylic acids is 1. The molecule has 1 saturated carbocycles. The van der Waals surface area contributed by atoms with Gasteiger partial charge >= 0.3 is 5.97 Å². The molecule has 2 fully saturated rings. The fourth-order valence-electron chi connectivity index (χ4n) is 5.49. The zero-order chi connectivity index (χ0) is 24.7. The first kappa shape index (κ1) is 23.1. The van der Waals surface area contributed by atoms with E-state index in [0.717, 1.165) is 23.0 Å². The van der Waals surface area contributed by atoms with E-state index < -0.39 is 29.6 Å². The lowest BCUT2D eigenvalue weighted by molar-refractivity contribution is -0.139. The molecule has 0 spiro atoms. The van der Waals surface area contributed by atoms with E-state index in [-0.39, 0.29) is 24.2 Å². The van der Waals surface area contributed by atoms with Crippen molar-refractivity contribution < 1.29 is 18.7 Å². The van der Waals surface area contributed by atoms with Gasteiger partial charge in [0.25, 0.3) is 0 Å². The quantitative estimate of drug-likeness (QED) is 0.436. The minimum atomic E-state index is -0.732.